The van der Waals surface area contributed by atoms with Crippen molar-refractivity contribution < 1.29 is 28.7 Å². The number of hydrogen-bond donors (Lipinski definition) is 2. The van der Waals surface area contributed by atoms with Crippen LogP contribution in [0.4, 0.5) is 0 Å². The zero-order chi connectivity index (χ0) is 24.4. The zero-order valence-corrected chi connectivity index (χ0v) is 20.0. The SMILES string of the molecule is CCCOC(=O)CCc1c(Cc2[nH]c(C=O)c(C)c2CCC(=O)OCCC)[nH]c(C=O)c1C. The molecule has 2 heterocycles. The van der Waals surface area contributed by atoms with Crippen LogP contribution in [-0.4, -0.2) is 47.7 Å². The van der Waals surface area contributed by atoms with Crippen LogP contribution in [0.15, 0.2) is 0 Å². The number of hydrogen-bond acceptors (Lipinski definition) is 6. The van der Waals surface area contributed by atoms with Crippen molar-refractivity contribution in [3.05, 3.63) is 45.0 Å². The lowest BCUT2D eigenvalue weighted by atomic mass is 9.98. The Morgan fingerprint density at radius 1 is 0.758 bits per heavy atom. The van der Waals surface area contributed by atoms with E-state index in [0.29, 0.717) is 43.9 Å². The maximum Gasteiger partial charge on any atom is 0.306 e. The first-order valence-corrected chi connectivity index (χ1v) is 11.5. The van der Waals surface area contributed by atoms with Gasteiger partial charge in [0.1, 0.15) is 0 Å². The van der Waals surface area contributed by atoms with Crippen molar-refractivity contribution in [2.45, 2.75) is 72.6 Å². The van der Waals surface area contributed by atoms with Crippen LogP contribution in [0.3, 0.4) is 0 Å². The van der Waals surface area contributed by atoms with E-state index in [-0.39, 0.29) is 24.8 Å². The van der Waals surface area contributed by atoms with Gasteiger partial charge in [-0.05, 0) is 61.8 Å². The number of H-pyrrole nitrogens is 2. The van der Waals surface area contributed by atoms with Gasteiger partial charge < -0.3 is 19.4 Å². The summed E-state index contributed by atoms with van der Waals surface area (Å²) < 4.78 is 10.3. The van der Waals surface area contributed by atoms with Gasteiger partial charge in [0.2, 0.25) is 0 Å². The fourth-order valence-electron chi connectivity index (χ4n) is 3.86. The summed E-state index contributed by atoms with van der Waals surface area (Å²) >= 11 is 0. The minimum Gasteiger partial charge on any atom is -0.466 e. The molecule has 0 saturated carbocycles. The summed E-state index contributed by atoms with van der Waals surface area (Å²) in [7, 11) is 0. The lowest BCUT2D eigenvalue weighted by molar-refractivity contribution is -0.144. The number of rotatable bonds is 14. The Labute approximate surface area is 194 Å². The molecular weight excluding hydrogens is 424 g/mol. The molecule has 0 aliphatic carbocycles. The molecule has 0 bridgehead atoms. The van der Waals surface area contributed by atoms with Crippen LogP contribution in [0.25, 0.3) is 0 Å². The molecule has 0 unspecified atom stereocenters. The van der Waals surface area contributed by atoms with E-state index in [9.17, 15) is 19.2 Å². The average Bonchev–Trinajstić information content (AvgIpc) is 3.28. The average molecular weight is 459 g/mol. The van der Waals surface area contributed by atoms with Crippen molar-refractivity contribution in [1.29, 1.82) is 0 Å². The van der Waals surface area contributed by atoms with E-state index >= 15 is 0 Å². The summed E-state index contributed by atoms with van der Waals surface area (Å²) in [5.74, 6) is -0.553. The van der Waals surface area contributed by atoms with Gasteiger partial charge in [-0.1, -0.05) is 13.8 Å². The Morgan fingerprint density at radius 2 is 1.15 bits per heavy atom. The number of carbonyl (C=O) groups excluding carboxylic acids is 4. The number of aromatic amines is 2. The lowest BCUT2D eigenvalue weighted by Crippen LogP contribution is -2.09. The third-order valence-corrected chi connectivity index (χ3v) is 5.69. The highest BCUT2D eigenvalue weighted by molar-refractivity contribution is 5.78. The van der Waals surface area contributed by atoms with E-state index in [2.05, 4.69) is 9.97 Å². The van der Waals surface area contributed by atoms with Crippen LogP contribution in [0, 0.1) is 13.8 Å². The van der Waals surface area contributed by atoms with Crippen LogP contribution in [0.5, 0.6) is 0 Å². The molecule has 0 fully saturated rings. The number of aromatic nitrogens is 2. The van der Waals surface area contributed by atoms with Gasteiger partial charge in [-0.3, -0.25) is 19.2 Å². The minimum absolute atomic E-state index is 0.212. The largest absolute Gasteiger partial charge is 0.466 e. The molecule has 0 atom stereocenters. The minimum atomic E-state index is -0.277. The second-order valence-electron chi connectivity index (χ2n) is 8.09. The summed E-state index contributed by atoms with van der Waals surface area (Å²) in [5, 5.41) is 0. The van der Waals surface area contributed by atoms with Crippen molar-refractivity contribution in [1.82, 2.24) is 9.97 Å². The number of nitrogens with one attached hydrogen (secondary N) is 2. The molecule has 2 N–H and O–H groups in total. The van der Waals surface area contributed by atoms with Crippen molar-refractivity contribution in [2.75, 3.05) is 13.2 Å². The second kappa shape index (κ2) is 12.8. The van der Waals surface area contributed by atoms with Gasteiger partial charge in [0.05, 0.1) is 24.6 Å². The Balaban J connectivity index is 2.28. The Hall–Kier alpha value is -3.16. The van der Waals surface area contributed by atoms with Crippen LogP contribution in [0.2, 0.25) is 0 Å². The highest BCUT2D eigenvalue weighted by Crippen LogP contribution is 2.26. The molecule has 0 aliphatic heterocycles. The first kappa shape index (κ1) is 26.1. The quantitative estimate of drug-likeness (QED) is 0.327. The standard InChI is InChI=1S/C25H34N2O6/c1-5-11-32-24(30)9-7-18-16(3)22(14-28)26-20(18)13-21-19(17(4)23(15-29)27-21)8-10-25(31)33-12-6-2/h14-15,26-27H,5-13H2,1-4H3. The van der Waals surface area contributed by atoms with Gasteiger partial charge >= 0.3 is 11.9 Å². The predicted octanol–water partition coefficient (Wildman–Crippen LogP) is 3.95. The topological polar surface area (TPSA) is 118 Å². The van der Waals surface area contributed by atoms with E-state index in [0.717, 1.165) is 59.1 Å². The lowest BCUT2D eigenvalue weighted by Gasteiger charge is -2.09. The summed E-state index contributed by atoms with van der Waals surface area (Å²) in [4.78, 5) is 53.4. The molecule has 2 rings (SSSR count). The monoisotopic (exact) mass is 458 g/mol. The van der Waals surface area contributed by atoms with E-state index in [1.165, 1.54) is 0 Å². The third kappa shape index (κ3) is 6.91. The molecular formula is C25H34N2O6. The fraction of sp³-hybridized carbons (Fsp3) is 0.520. The molecule has 0 aliphatic rings. The van der Waals surface area contributed by atoms with Gasteiger partial charge in [0.25, 0.3) is 0 Å². The van der Waals surface area contributed by atoms with E-state index in [1.54, 1.807) is 0 Å². The number of esters is 2. The molecule has 180 valence electrons. The predicted molar refractivity (Wildman–Crippen MR) is 124 cm³/mol. The molecule has 0 radical (unpaired) electrons. The van der Waals surface area contributed by atoms with Gasteiger partial charge in [-0.15, -0.1) is 0 Å². The summed E-state index contributed by atoms with van der Waals surface area (Å²) in [6.07, 6.45) is 4.75. The maximum atomic E-state index is 12.0. The normalized spacial score (nSPS) is 10.8. The Morgan fingerprint density at radius 3 is 1.48 bits per heavy atom. The molecule has 8 nitrogen and oxygen atoms in total. The molecule has 8 heteroatoms. The maximum absolute atomic E-state index is 12.0. The van der Waals surface area contributed by atoms with Crippen LogP contribution < -0.4 is 0 Å². The van der Waals surface area contributed by atoms with E-state index < -0.39 is 0 Å². The molecule has 33 heavy (non-hydrogen) atoms. The van der Waals surface area contributed by atoms with Gasteiger partial charge in [-0.25, -0.2) is 0 Å². The van der Waals surface area contributed by atoms with Crippen molar-refractivity contribution in [3.63, 3.8) is 0 Å². The molecule has 0 saturated heterocycles. The smallest absolute Gasteiger partial charge is 0.306 e. The van der Waals surface area contributed by atoms with Gasteiger partial charge in [0, 0.05) is 30.7 Å². The highest BCUT2D eigenvalue weighted by atomic mass is 16.5. The molecule has 0 spiro atoms. The van der Waals surface area contributed by atoms with Crippen LogP contribution >= 0.6 is 0 Å². The molecule has 2 aromatic rings. The second-order valence-corrected chi connectivity index (χ2v) is 8.09. The van der Waals surface area contributed by atoms with Crippen LogP contribution in [0.1, 0.15) is 94.1 Å². The summed E-state index contributed by atoms with van der Waals surface area (Å²) in [6, 6.07) is 0. The first-order valence-electron chi connectivity index (χ1n) is 11.5. The highest BCUT2D eigenvalue weighted by Gasteiger charge is 2.20. The van der Waals surface area contributed by atoms with Crippen molar-refractivity contribution in [2.24, 2.45) is 0 Å². The van der Waals surface area contributed by atoms with Gasteiger partial charge in [0.15, 0.2) is 12.6 Å². The number of carbonyl (C=O) groups is 4. The number of ether oxygens (including phenoxy) is 2. The van der Waals surface area contributed by atoms with Crippen molar-refractivity contribution in [3.8, 4) is 0 Å². The fourth-order valence-corrected chi connectivity index (χ4v) is 3.86. The van der Waals surface area contributed by atoms with E-state index in [4.69, 9.17) is 9.47 Å². The molecule has 0 amide bonds. The van der Waals surface area contributed by atoms with E-state index in [1.807, 2.05) is 27.7 Å². The van der Waals surface area contributed by atoms with Crippen molar-refractivity contribution >= 4 is 24.5 Å². The Bertz CT molecular complexity index is 907. The first-order chi connectivity index (χ1) is 15.9. The summed E-state index contributed by atoms with van der Waals surface area (Å²) in [6.45, 7) is 8.33. The molecule has 0 aromatic carbocycles. The summed E-state index contributed by atoms with van der Waals surface area (Å²) in [5.41, 5.74) is 5.89. The number of aldehydes is 2. The Kier molecular flexibility index (Phi) is 10.1. The van der Waals surface area contributed by atoms with Gasteiger partial charge in [-0.2, -0.15) is 0 Å². The van der Waals surface area contributed by atoms with Crippen LogP contribution in [-0.2, 0) is 38.3 Å². The zero-order valence-electron chi connectivity index (χ0n) is 20.0. The molecule has 2 aromatic heterocycles. The third-order valence-electron chi connectivity index (χ3n) is 5.69.